The third kappa shape index (κ3) is 5.03. The molecule has 0 heterocycles. The fourth-order valence-corrected chi connectivity index (χ4v) is 5.25. The summed E-state index contributed by atoms with van der Waals surface area (Å²) in [5, 5.41) is 30.5. The number of fused-ring (bicyclic) bond motifs is 1. The molecule has 0 aliphatic carbocycles. The molecule has 0 aliphatic rings. The molecule has 0 spiro atoms. The summed E-state index contributed by atoms with van der Waals surface area (Å²) in [4.78, 5) is 5.65. The number of nitriles is 3. The molecule has 0 N–H and O–H groups in total. The van der Waals surface area contributed by atoms with E-state index in [1.807, 2.05) is 48.5 Å². The molecule has 43 heavy (non-hydrogen) atoms. The summed E-state index contributed by atoms with van der Waals surface area (Å²) in [5.74, 6) is 0. The van der Waals surface area contributed by atoms with Gasteiger partial charge in [-0.2, -0.15) is 15.8 Å². The molecule has 6 rings (SSSR count). The standard InChI is InChI=1S/C38H21N5/c1-42-37-20-15-30(22-33(37)25-41)27-13-18-35(19-14-27)43(38-8-4-6-28-5-2-3-7-36(28)38)34-16-11-26(12-17-34)29-9-10-31(23-39)32(21-29)24-40/h2-22H. The van der Waals surface area contributed by atoms with Gasteiger partial charge in [0.25, 0.3) is 0 Å². The normalized spacial score (nSPS) is 10.2. The van der Waals surface area contributed by atoms with Gasteiger partial charge in [-0.15, -0.1) is 0 Å². The van der Waals surface area contributed by atoms with E-state index in [2.05, 4.69) is 82.5 Å². The summed E-state index contributed by atoms with van der Waals surface area (Å²) in [5.41, 5.74) is 7.97. The largest absolute Gasteiger partial charge is 0.310 e. The molecular formula is C38H21N5. The molecule has 0 radical (unpaired) electrons. The van der Waals surface area contributed by atoms with Crippen LogP contribution in [0.4, 0.5) is 22.7 Å². The van der Waals surface area contributed by atoms with Crippen molar-refractivity contribution in [3.8, 4) is 40.5 Å². The van der Waals surface area contributed by atoms with Gasteiger partial charge in [0.2, 0.25) is 5.69 Å². The monoisotopic (exact) mass is 547 g/mol. The lowest BCUT2D eigenvalue weighted by Gasteiger charge is -2.27. The summed E-state index contributed by atoms with van der Waals surface area (Å²) in [6, 6.07) is 47.7. The summed E-state index contributed by atoms with van der Waals surface area (Å²) < 4.78 is 0. The van der Waals surface area contributed by atoms with Crippen LogP contribution >= 0.6 is 0 Å². The lowest BCUT2D eigenvalue weighted by atomic mass is 9.99. The quantitative estimate of drug-likeness (QED) is 0.201. The van der Waals surface area contributed by atoms with Gasteiger partial charge in [-0.25, -0.2) is 4.85 Å². The van der Waals surface area contributed by atoms with Crippen molar-refractivity contribution in [3.63, 3.8) is 0 Å². The van der Waals surface area contributed by atoms with Gasteiger partial charge in [-0.05, 0) is 76.2 Å². The number of hydrogen-bond acceptors (Lipinski definition) is 4. The van der Waals surface area contributed by atoms with Crippen LogP contribution in [0.25, 0.3) is 37.9 Å². The topological polar surface area (TPSA) is 79.0 Å². The highest BCUT2D eigenvalue weighted by atomic mass is 15.1. The molecule has 6 aromatic rings. The Morgan fingerprint density at radius 1 is 0.512 bits per heavy atom. The minimum atomic E-state index is 0.346. The molecule has 6 aromatic carbocycles. The number of anilines is 3. The van der Waals surface area contributed by atoms with E-state index in [9.17, 15) is 15.8 Å². The fourth-order valence-electron chi connectivity index (χ4n) is 5.25. The van der Waals surface area contributed by atoms with Crippen molar-refractivity contribution < 1.29 is 0 Å². The van der Waals surface area contributed by atoms with Gasteiger partial charge in [0, 0.05) is 16.8 Å². The van der Waals surface area contributed by atoms with Crippen LogP contribution in [0.15, 0.2) is 127 Å². The summed E-state index contributed by atoms with van der Waals surface area (Å²) in [7, 11) is 0. The Hall–Kier alpha value is -6.66. The van der Waals surface area contributed by atoms with Crippen LogP contribution in [0.1, 0.15) is 16.7 Å². The zero-order chi connectivity index (χ0) is 29.8. The second-order valence-electron chi connectivity index (χ2n) is 9.87. The molecule has 0 aromatic heterocycles. The molecule has 0 fully saturated rings. The van der Waals surface area contributed by atoms with Crippen LogP contribution < -0.4 is 4.90 Å². The molecule has 198 valence electrons. The average molecular weight is 548 g/mol. The van der Waals surface area contributed by atoms with E-state index in [0.717, 1.165) is 50.1 Å². The molecular weight excluding hydrogens is 526 g/mol. The van der Waals surface area contributed by atoms with Gasteiger partial charge in [0.1, 0.15) is 12.1 Å². The smallest absolute Gasteiger partial charge is 0.204 e. The van der Waals surface area contributed by atoms with Crippen molar-refractivity contribution in [1.82, 2.24) is 0 Å². The van der Waals surface area contributed by atoms with Crippen molar-refractivity contribution in [1.29, 1.82) is 15.8 Å². The van der Waals surface area contributed by atoms with Crippen LogP contribution in [-0.2, 0) is 0 Å². The van der Waals surface area contributed by atoms with Gasteiger partial charge in [-0.1, -0.05) is 78.9 Å². The van der Waals surface area contributed by atoms with Gasteiger partial charge < -0.3 is 4.90 Å². The number of nitrogens with zero attached hydrogens (tertiary/aromatic N) is 5. The van der Waals surface area contributed by atoms with Crippen LogP contribution in [0.5, 0.6) is 0 Å². The van der Waals surface area contributed by atoms with Crippen LogP contribution in [-0.4, -0.2) is 0 Å². The van der Waals surface area contributed by atoms with Gasteiger partial charge in [-0.3, -0.25) is 0 Å². The van der Waals surface area contributed by atoms with E-state index in [4.69, 9.17) is 6.57 Å². The Morgan fingerprint density at radius 3 is 1.65 bits per heavy atom. The van der Waals surface area contributed by atoms with E-state index in [1.165, 1.54) is 0 Å². The fraction of sp³-hybridized carbons (Fsp3) is 0. The predicted octanol–water partition coefficient (Wildman–Crippen LogP) is 9.81. The second kappa shape index (κ2) is 11.4. The van der Waals surface area contributed by atoms with Gasteiger partial charge in [0.15, 0.2) is 0 Å². The Morgan fingerprint density at radius 2 is 1.05 bits per heavy atom. The molecule has 0 atom stereocenters. The Kier molecular flexibility index (Phi) is 7.07. The minimum Gasteiger partial charge on any atom is -0.310 e. The Balaban J connectivity index is 1.44. The summed E-state index contributed by atoms with van der Waals surface area (Å²) in [6.07, 6.45) is 0. The first kappa shape index (κ1) is 26.6. The molecule has 0 saturated carbocycles. The predicted molar refractivity (Wildman–Crippen MR) is 170 cm³/mol. The lowest BCUT2D eigenvalue weighted by Crippen LogP contribution is -2.10. The molecule has 0 amide bonds. The van der Waals surface area contributed by atoms with E-state index >= 15 is 0 Å². The first-order valence-corrected chi connectivity index (χ1v) is 13.5. The summed E-state index contributed by atoms with van der Waals surface area (Å²) >= 11 is 0. The number of hydrogen-bond donors (Lipinski definition) is 0. The lowest BCUT2D eigenvalue weighted by molar-refractivity contribution is 1.30. The molecule has 0 bridgehead atoms. The molecule has 5 heteroatoms. The Labute approximate surface area is 249 Å². The van der Waals surface area contributed by atoms with E-state index in [0.29, 0.717) is 22.4 Å². The highest BCUT2D eigenvalue weighted by Gasteiger charge is 2.16. The third-order valence-electron chi connectivity index (χ3n) is 7.42. The molecule has 0 saturated heterocycles. The highest BCUT2D eigenvalue weighted by Crippen LogP contribution is 2.40. The maximum absolute atomic E-state index is 9.49. The van der Waals surface area contributed by atoms with E-state index in [-0.39, 0.29) is 0 Å². The zero-order valence-electron chi connectivity index (χ0n) is 22.9. The molecule has 5 nitrogen and oxygen atoms in total. The van der Waals surface area contributed by atoms with Gasteiger partial charge in [0.05, 0.1) is 35.0 Å². The number of benzene rings is 6. The van der Waals surface area contributed by atoms with Crippen LogP contribution in [0, 0.1) is 40.6 Å². The van der Waals surface area contributed by atoms with Crippen LogP contribution in [0.2, 0.25) is 0 Å². The second-order valence-corrected chi connectivity index (χ2v) is 9.87. The summed E-state index contributed by atoms with van der Waals surface area (Å²) in [6.45, 7) is 7.30. The average Bonchev–Trinajstić information content (AvgIpc) is 3.08. The first-order valence-electron chi connectivity index (χ1n) is 13.5. The zero-order valence-corrected chi connectivity index (χ0v) is 22.9. The van der Waals surface area contributed by atoms with E-state index < -0.39 is 0 Å². The Bertz CT molecular complexity index is 2040. The van der Waals surface area contributed by atoms with Crippen molar-refractivity contribution in [3.05, 3.63) is 156 Å². The SMILES string of the molecule is [C-]#[N+]c1ccc(-c2ccc(N(c3ccc(-c4ccc(C#N)c(C#N)c4)cc3)c3cccc4ccccc34)cc2)cc1C#N. The van der Waals surface area contributed by atoms with Crippen molar-refractivity contribution in [2.75, 3.05) is 4.90 Å². The first-order chi connectivity index (χ1) is 21.1. The molecule has 0 unspecified atom stereocenters. The van der Waals surface area contributed by atoms with Crippen molar-refractivity contribution >= 4 is 33.5 Å². The van der Waals surface area contributed by atoms with Crippen molar-refractivity contribution in [2.45, 2.75) is 0 Å². The molecule has 0 aliphatic heterocycles. The maximum Gasteiger partial charge on any atom is 0.204 e. The van der Waals surface area contributed by atoms with Crippen molar-refractivity contribution in [2.24, 2.45) is 0 Å². The van der Waals surface area contributed by atoms with Crippen LogP contribution in [0.3, 0.4) is 0 Å². The highest BCUT2D eigenvalue weighted by molar-refractivity contribution is 5.99. The number of rotatable bonds is 5. The third-order valence-corrected chi connectivity index (χ3v) is 7.42. The minimum absolute atomic E-state index is 0.346. The maximum atomic E-state index is 9.49. The van der Waals surface area contributed by atoms with E-state index in [1.54, 1.807) is 24.3 Å². The van der Waals surface area contributed by atoms with Gasteiger partial charge >= 0.3 is 0 Å².